The molecule has 1 aromatic carbocycles. The van der Waals surface area contributed by atoms with Crippen molar-refractivity contribution in [1.82, 2.24) is 15.1 Å². The number of carbonyl (C=O) groups excluding carboxylic acids is 1. The predicted octanol–water partition coefficient (Wildman–Crippen LogP) is 2.74. The summed E-state index contributed by atoms with van der Waals surface area (Å²) in [5.41, 5.74) is 4.45. The normalized spacial score (nSPS) is 15.6. The molecule has 0 saturated carbocycles. The van der Waals surface area contributed by atoms with E-state index in [1.807, 2.05) is 17.7 Å². The Hall–Kier alpha value is -2.14. The number of nitrogens with one attached hydrogen (secondary N) is 2. The first kappa shape index (κ1) is 15.7. The molecule has 2 N–H and O–H groups in total. The Kier molecular flexibility index (Phi) is 4.48. The SMILES string of the molecule is Cc1cc(C)cc(-n2nc(NC(=O)C3CCNCC3)cc2C)c1. The van der Waals surface area contributed by atoms with Gasteiger partial charge in [0.1, 0.15) is 0 Å². The third-order valence-corrected chi connectivity index (χ3v) is 4.30. The fourth-order valence-corrected chi connectivity index (χ4v) is 3.18. The summed E-state index contributed by atoms with van der Waals surface area (Å²) in [7, 11) is 0. The Balaban J connectivity index is 1.79. The molecule has 2 heterocycles. The third-order valence-electron chi connectivity index (χ3n) is 4.30. The van der Waals surface area contributed by atoms with Crippen molar-refractivity contribution in [2.75, 3.05) is 18.4 Å². The van der Waals surface area contributed by atoms with E-state index in [1.165, 1.54) is 11.1 Å². The molecule has 0 radical (unpaired) electrons. The Morgan fingerprint density at radius 3 is 2.43 bits per heavy atom. The highest BCUT2D eigenvalue weighted by Gasteiger charge is 2.21. The van der Waals surface area contributed by atoms with Crippen LogP contribution in [0.1, 0.15) is 29.7 Å². The fourth-order valence-electron chi connectivity index (χ4n) is 3.18. The maximum absolute atomic E-state index is 12.3. The van der Waals surface area contributed by atoms with Gasteiger partial charge in [-0.3, -0.25) is 4.79 Å². The highest BCUT2D eigenvalue weighted by Crippen LogP contribution is 2.19. The zero-order valence-corrected chi connectivity index (χ0v) is 14.0. The molecule has 3 rings (SSSR count). The van der Waals surface area contributed by atoms with Crippen molar-refractivity contribution in [1.29, 1.82) is 0 Å². The van der Waals surface area contributed by atoms with Crippen LogP contribution < -0.4 is 10.6 Å². The fraction of sp³-hybridized carbons (Fsp3) is 0.444. The monoisotopic (exact) mass is 312 g/mol. The summed E-state index contributed by atoms with van der Waals surface area (Å²) in [5, 5.41) is 10.8. The van der Waals surface area contributed by atoms with Gasteiger partial charge in [0, 0.05) is 17.7 Å². The summed E-state index contributed by atoms with van der Waals surface area (Å²) in [6.07, 6.45) is 1.78. The number of hydrogen-bond donors (Lipinski definition) is 2. The first-order valence-corrected chi connectivity index (χ1v) is 8.20. The zero-order chi connectivity index (χ0) is 16.4. The second-order valence-corrected chi connectivity index (χ2v) is 6.44. The van der Waals surface area contributed by atoms with E-state index in [2.05, 4.69) is 47.8 Å². The number of anilines is 1. The van der Waals surface area contributed by atoms with E-state index >= 15 is 0 Å². The number of rotatable bonds is 3. The zero-order valence-electron chi connectivity index (χ0n) is 14.0. The number of nitrogens with zero attached hydrogens (tertiary/aromatic N) is 2. The molecule has 1 fully saturated rings. The molecule has 0 unspecified atom stereocenters. The van der Waals surface area contributed by atoms with Gasteiger partial charge in [0.05, 0.1) is 5.69 Å². The van der Waals surface area contributed by atoms with Crippen molar-refractivity contribution in [3.63, 3.8) is 0 Å². The summed E-state index contributed by atoms with van der Waals surface area (Å²) < 4.78 is 1.89. The highest BCUT2D eigenvalue weighted by atomic mass is 16.2. The number of hydrogen-bond acceptors (Lipinski definition) is 3. The molecule has 1 saturated heterocycles. The Bertz CT molecular complexity index is 694. The molecule has 1 amide bonds. The minimum atomic E-state index is 0.0802. The van der Waals surface area contributed by atoms with Crippen LogP contribution in [-0.4, -0.2) is 28.8 Å². The average Bonchev–Trinajstić information content (AvgIpc) is 2.87. The van der Waals surface area contributed by atoms with Crippen LogP contribution in [0, 0.1) is 26.7 Å². The van der Waals surface area contributed by atoms with Crippen LogP contribution in [0.2, 0.25) is 0 Å². The molecular formula is C18H24N4O. The molecule has 23 heavy (non-hydrogen) atoms. The number of amides is 1. The van der Waals surface area contributed by atoms with Crippen molar-refractivity contribution in [3.05, 3.63) is 41.1 Å². The molecule has 1 aromatic heterocycles. The van der Waals surface area contributed by atoms with Gasteiger partial charge in [-0.25, -0.2) is 4.68 Å². The number of aromatic nitrogens is 2. The van der Waals surface area contributed by atoms with E-state index in [0.717, 1.165) is 37.3 Å². The molecule has 0 aliphatic carbocycles. The Morgan fingerprint density at radius 2 is 1.78 bits per heavy atom. The largest absolute Gasteiger partial charge is 0.317 e. The van der Waals surface area contributed by atoms with Crippen LogP contribution in [0.3, 0.4) is 0 Å². The lowest BCUT2D eigenvalue weighted by Gasteiger charge is -2.21. The quantitative estimate of drug-likeness (QED) is 0.916. The number of carbonyl (C=O) groups is 1. The van der Waals surface area contributed by atoms with Crippen molar-refractivity contribution in [3.8, 4) is 5.69 Å². The lowest BCUT2D eigenvalue weighted by Crippen LogP contribution is -2.34. The van der Waals surface area contributed by atoms with Gasteiger partial charge in [-0.15, -0.1) is 5.10 Å². The second kappa shape index (κ2) is 6.54. The van der Waals surface area contributed by atoms with E-state index in [1.54, 1.807) is 0 Å². The summed E-state index contributed by atoms with van der Waals surface area (Å²) in [6, 6.07) is 8.27. The minimum absolute atomic E-state index is 0.0802. The van der Waals surface area contributed by atoms with E-state index < -0.39 is 0 Å². The van der Waals surface area contributed by atoms with Crippen LogP contribution in [0.5, 0.6) is 0 Å². The van der Waals surface area contributed by atoms with E-state index in [0.29, 0.717) is 5.82 Å². The molecule has 5 nitrogen and oxygen atoms in total. The number of piperidine rings is 1. The third kappa shape index (κ3) is 3.62. The Labute approximate surface area is 137 Å². The van der Waals surface area contributed by atoms with Gasteiger partial charge in [-0.2, -0.15) is 0 Å². The summed E-state index contributed by atoms with van der Waals surface area (Å²) in [5.74, 6) is 0.796. The summed E-state index contributed by atoms with van der Waals surface area (Å²) in [6.45, 7) is 7.98. The molecule has 5 heteroatoms. The first-order chi connectivity index (χ1) is 11.0. The van der Waals surface area contributed by atoms with Gasteiger partial charge in [-0.1, -0.05) is 6.07 Å². The average molecular weight is 312 g/mol. The second-order valence-electron chi connectivity index (χ2n) is 6.44. The van der Waals surface area contributed by atoms with E-state index in [9.17, 15) is 4.79 Å². The maximum Gasteiger partial charge on any atom is 0.228 e. The number of aryl methyl sites for hydroxylation is 3. The molecule has 0 atom stereocenters. The molecule has 0 bridgehead atoms. The molecular weight excluding hydrogens is 288 g/mol. The summed E-state index contributed by atoms with van der Waals surface area (Å²) in [4.78, 5) is 12.3. The lowest BCUT2D eigenvalue weighted by molar-refractivity contribution is -0.120. The van der Waals surface area contributed by atoms with Crippen molar-refractivity contribution >= 4 is 11.7 Å². The van der Waals surface area contributed by atoms with E-state index in [-0.39, 0.29) is 11.8 Å². The molecule has 0 spiro atoms. The van der Waals surface area contributed by atoms with Gasteiger partial charge in [0.15, 0.2) is 5.82 Å². The van der Waals surface area contributed by atoms with Crippen LogP contribution >= 0.6 is 0 Å². The Morgan fingerprint density at radius 1 is 1.13 bits per heavy atom. The molecule has 1 aliphatic rings. The van der Waals surface area contributed by atoms with Gasteiger partial charge < -0.3 is 10.6 Å². The van der Waals surface area contributed by atoms with E-state index in [4.69, 9.17) is 0 Å². The van der Waals surface area contributed by atoms with Crippen molar-refractivity contribution in [2.45, 2.75) is 33.6 Å². The lowest BCUT2D eigenvalue weighted by atomic mass is 9.97. The highest BCUT2D eigenvalue weighted by molar-refractivity contribution is 5.91. The predicted molar refractivity (Wildman–Crippen MR) is 92.0 cm³/mol. The van der Waals surface area contributed by atoms with Gasteiger partial charge in [0.2, 0.25) is 5.91 Å². The van der Waals surface area contributed by atoms with Crippen molar-refractivity contribution in [2.24, 2.45) is 5.92 Å². The van der Waals surface area contributed by atoms with Crippen LogP contribution in [0.15, 0.2) is 24.3 Å². The minimum Gasteiger partial charge on any atom is -0.317 e. The van der Waals surface area contributed by atoms with Crippen LogP contribution in [0.25, 0.3) is 5.69 Å². The van der Waals surface area contributed by atoms with Crippen LogP contribution in [-0.2, 0) is 4.79 Å². The smallest absolute Gasteiger partial charge is 0.228 e. The van der Waals surface area contributed by atoms with Crippen LogP contribution in [0.4, 0.5) is 5.82 Å². The summed E-state index contributed by atoms with van der Waals surface area (Å²) >= 11 is 0. The topological polar surface area (TPSA) is 59.0 Å². The number of benzene rings is 1. The molecule has 2 aromatic rings. The maximum atomic E-state index is 12.3. The molecule has 122 valence electrons. The first-order valence-electron chi connectivity index (χ1n) is 8.20. The molecule has 1 aliphatic heterocycles. The van der Waals surface area contributed by atoms with Gasteiger partial charge in [0.25, 0.3) is 0 Å². The van der Waals surface area contributed by atoms with Gasteiger partial charge in [-0.05, 0) is 70.0 Å². The van der Waals surface area contributed by atoms with Crippen molar-refractivity contribution < 1.29 is 4.79 Å². The van der Waals surface area contributed by atoms with Gasteiger partial charge >= 0.3 is 0 Å². The standard InChI is InChI=1S/C18H24N4O/c1-12-8-13(2)10-16(9-12)22-14(3)11-17(21-22)20-18(23)15-4-6-19-7-5-15/h8-11,15,19H,4-7H2,1-3H3,(H,20,21,23).